The van der Waals surface area contributed by atoms with Gasteiger partial charge < -0.3 is 20.1 Å². The molecule has 1 fully saturated rings. The first kappa shape index (κ1) is 26.0. The van der Waals surface area contributed by atoms with Crippen LogP contribution in [0.3, 0.4) is 0 Å². The molecule has 12 heteroatoms. The van der Waals surface area contributed by atoms with E-state index in [2.05, 4.69) is 10.2 Å². The van der Waals surface area contributed by atoms with Crippen LogP contribution >= 0.6 is 34.8 Å². The average Bonchev–Trinajstić information content (AvgIpc) is 2.75. The number of aliphatic hydroxyl groups is 1. The van der Waals surface area contributed by atoms with Crippen LogP contribution in [0.2, 0.25) is 15.1 Å². The van der Waals surface area contributed by atoms with Gasteiger partial charge in [-0.2, -0.15) is 0 Å². The summed E-state index contributed by atoms with van der Waals surface area (Å²) in [4.78, 5) is 14.2. The second-order valence-electron chi connectivity index (χ2n) is 7.74. The Morgan fingerprint density at radius 2 is 1.85 bits per heavy atom. The van der Waals surface area contributed by atoms with Crippen LogP contribution in [0.25, 0.3) is 0 Å². The number of nitrogens with one attached hydrogen (secondary N) is 1. The van der Waals surface area contributed by atoms with E-state index in [1.807, 2.05) is 0 Å². The Kier molecular flexibility index (Phi) is 8.85. The van der Waals surface area contributed by atoms with Crippen LogP contribution in [0, 0.1) is 0 Å². The van der Waals surface area contributed by atoms with E-state index in [0.29, 0.717) is 35.4 Å². The number of rotatable bonds is 8. The van der Waals surface area contributed by atoms with Crippen molar-refractivity contribution in [3.05, 3.63) is 57.0 Å². The molecule has 1 heterocycles. The van der Waals surface area contributed by atoms with Crippen LogP contribution in [-0.4, -0.2) is 62.7 Å². The van der Waals surface area contributed by atoms with Gasteiger partial charge in [-0.15, -0.1) is 0 Å². The number of nitrogens with zero attached hydrogens (tertiary/aromatic N) is 1. The van der Waals surface area contributed by atoms with E-state index >= 15 is 0 Å². The largest absolute Gasteiger partial charge is 0.490 e. The van der Waals surface area contributed by atoms with Crippen LogP contribution in [-0.2, 0) is 10.0 Å². The third-order valence-corrected chi connectivity index (χ3v) is 7.12. The van der Waals surface area contributed by atoms with E-state index < -0.39 is 22.0 Å². The SMILES string of the molecule is NS(=O)(=O)c1cc(Cl)ccc1C(=O)NC[C@@H](O)CN1CCC(Oc2ccc(Cl)c(Cl)c2)CC1. The third kappa shape index (κ3) is 7.45. The molecule has 1 atom stereocenters. The van der Waals surface area contributed by atoms with Gasteiger partial charge in [0.05, 0.1) is 26.6 Å². The minimum atomic E-state index is -4.14. The van der Waals surface area contributed by atoms with Gasteiger partial charge in [0.2, 0.25) is 10.0 Å². The van der Waals surface area contributed by atoms with Crippen LogP contribution in [0.1, 0.15) is 23.2 Å². The fourth-order valence-electron chi connectivity index (χ4n) is 3.54. The van der Waals surface area contributed by atoms with Crippen molar-refractivity contribution in [3.8, 4) is 5.75 Å². The number of halogens is 3. The molecule has 1 amide bonds. The standard InChI is InChI=1S/C21H24Cl3N3O5S/c22-13-1-3-17(20(9-13)33(25,30)31)21(29)26-11-14(28)12-27-7-5-15(6-8-27)32-16-2-4-18(23)19(24)10-16/h1-4,9-10,14-15,28H,5-8,11-12H2,(H,26,29)(H2,25,30,31)/t14-/m1/s1. The molecule has 8 nitrogen and oxygen atoms in total. The Morgan fingerprint density at radius 1 is 1.15 bits per heavy atom. The molecule has 0 bridgehead atoms. The Hall–Kier alpha value is -1.59. The first-order valence-electron chi connectivity index (χ1n) is 10.2. The maximum Gasteiger partial charge on any atom is 0.252 e. The van der Waals surface area contributed by atoms with Gasteiger partial charge in [0.25, 0.3) is 5.91 Å². The highest BCUT2D eigenvalue weighted by atomic mass is 35.5. The van der Waals surface area contributed by atoms with Crippen molar-refractivity contribution in [2.24, 2.45) is 5.14 Å². The zero-order valence-corrected chi connectivity index (χ0v) is 20.6. The van der Waals surface area contributed by atoms with Crippen molar-refractivity contribution < 1.29 is 23.1 Å². The predicted molar refractivity (Wildman–Crippen MR) is 128 cm³/mol. The second-order valence-corrected chi connectivity index (χ2v) is 10.5. The van der Waals surface area contributed by atoms with Crippen LogP contribution in [0.4, 0.5) is 0 Å². The summed E-state index contributed by atoms with van der Waals surface area (Å²) in [7, 11) is -4.14. The molecule has 0 spiro atoms. The number of nitrogens with two attached hydrogens (primary N) is 1. The number of hydrogen-bond donors (Lipinski definition) is 3. The van der Waals surface area contributed by atoms with E-state index in [9.17, 15) is 18.3 Å². The van der Waals surface area contributed by atoms with Gasteiger partial charge in [0, 0.05) is 37.3 Å². The fourth-order valence-corrected chi connectivity index (χ4v) is 4.82. The summed E-state index contributed by atoms with van der Waals surface area (Å²) in [6.45, 7) is 1.72. The second kappa shape index (κ2) is 11.2. The van der Waals surface area contributed by atoms with Crippen LogP contribution in [0.5, 0.6) is 5.75 Å². The monoisotopic (exact) mass is 535 g/mol. The number of primary sulfonamides is 1. The zero-order chi connectivity index (χ0) is 24.2. The topological polar surface area (TPSA) is 122 Å². The molecule has 0 unspecified atom stereocenters. The highest BCUT2D eigenvalue weighted by Crippen LogP contribution is 2.28. The minimum Gasteiger partial charge on any atom is -0.490 e. The van der Waals surface area contributed by atoms with Crippen molar-refractivity contribution in [3.63, 3.8) is 0 Å². The molecule has 1 aliphatic heterocycles. The minimum absolute atomic E-state index is 0.0249. The lowest BCUT2D eigenvalue weighted by Gasteiger charge is -2.33. The summed E-state index contributed by atoms with van der Waals surface area (Å²) in [5.74, 6) is -0.00451. The lowest BCUT2D eigenvalue weighted by atomic mass is 10.1. The number of likely N-dealkylation sites (tertiary alicyclic amines) is 1. The highest BCUT2D eigenvalue weighted by Gasteiger charge is 2.24. The van der Waals surface area contributed by atoms with E-state index in [1.165, 1.54) is 12.1 Å². The normalized spacial score (nSPS) is 16.4. The number of carbonyl (C=O) groups excluding carboxylic acids is 1. The quantitative estimate of drug-likeness (QED) is 0.477. The molecule has 1 saturated heterocycles. The molecule has 2 aromatic rings. The van der Waals surface area contributed by atoms with Gasteiger partial charge >= 0.3 is 0 Å². The highest BCUT2D eigenvalue weighted by molar-refractivity contribution is 7.89. The maximum absolute atomic E-state index is 12.4. The lowest BCUT2D eigenvalue weighted by molar-refractivity contribution is 0.0593. The summed E-state index contributed by atoms with van der Waals surface area (Å²) >= 11 is 17.8. The number of carbonyl (C=O) groups is 1. The van der Waals surface area contributed by atoms with Crippen LogP contribution in [0.15, 0.2) is 41.3 Å². The van der Waals surface area contributed by atoms with Gasteiger partial charge in [0.15, 0.2) is 0 Å². The number of amides is 1. The van der Waals surface area contributed by atoms with E-state index in [0.717, 1.165) is 18.9 Å². The van der Waals surface area contributed by atoms with Crippen molar-refractivity contribution >= 4 is 50.7 Å². The smallest absolute Gasteiger partial charge is 0.252 e. The van der Waals surface area contributed by atoms with Gasteiger partial charge in [-0.25, -0.2) is 13.6 Å². The number of sulfonamides is 1. The Bertz CT molecular complexity index is 1110. The number of aliphatic hydroxyl groups excluding tert-OH is 1. The first-order chi connectivity index (χ1) is 15.5. The molecule has 0 aromatic heterocycles. The predicted octanol–water partition coefficient (Wildman–Crippen LogP) is 2.93. The van der Waals surface area contributed by atoms with Gasteiger partial charge in [0.1, 0.15) is 11.9 Å². The molecule has 2 aromatic carbocycles. The molecular weight excluding hydrogens is 513 g/mol. The number of β-amino-alcohol motifs (C(OH)–C–C–N with tert-alkyl or cyclic N) is 1. The molecule has 0 radical (unpaired) electrons. The summed E-state index contributed by atoms with van der Waals surface area (Å²) < 4.78 is 29.5. The molecule has 0 aliphatic carbocycles. The summed E-state index contributed by atoms with van der Waals surface area (Å²) in [5, 5.41) is 19.1. The number of benzene rings is 2. The van der Waals surface area contributed by atoms with Crippen molar-refractivity contribution in [1.82, 2.24) is 10.2 Å². The Morgan fingerprint density at radius 3 is 2.48 bits per heavy atom. The van der Waals surface area contributed by atoms with Crippen molar-refractivity contribution in [1.29, 1.82) is 0 Å². The molecule has 33 heavy (non-hydrogen) atoms. The molecule has 180 valence electrons. The molecule has 4 N–H and O–H groups in total. The van der Waals surface area contributed by atoms with E-state index in [4.69, 9.17) is 44.7 Å². The fraction of sp³-hybridized carbons (Fsp3) is 0.381. The molecular formula is C21H24Cl3N3O5S. The zero-order valence-electron chi connectivity index (χ0n) is 17.5. The van der Waals surface area contributed by atoms with Crippen LogP contribution < -0.4 is 15.2 Å². The summed E-state index contributed by atoms with van der Waals surface area (Å²) in [5.41, 5.74) is -0.130. The van der Waals surface area contributed by atoms with Crippen molar-refractivity contribution in [2.45, 2.75) is 29.9 Å². The summed E-state index contributed by atoms with van der Waals surface area (Å²) in [6, 6.07) is 8.94. The number of ether oxygens (including phenoxy) is 1. The van der Waals surface area contributed by atoms with Crippen molar-refractivity contribution in [2.75, 3.05) is 26.2 Å². The lowest BCUT2D eigenvalue weighted by Crippen LogP contribution is -2.45. The van der Waals surface area contributed by atoms with Gasteiger partial charge in [-0.1, -0.05) is 34.8 Å². The number of hydrogen-bond acceptors (Lipinski definition) is 6. The van der Waals surface area contributed by atoms with E-state index in [-0.39, 0.29) is 28.1 Å². The van der Waals surface area contributed by atoms with Gasteiger partial charge in [-0.3, -0.25) is 4.79 Å². The average molecular weight is 537 g/mol. The first-order valence-corrected chi connectivity index (χ1v) is 12.8. The number of piperidine rings is 1. The maximum atomic E-state index is 12.4. The molecule has 3 rings (SSSR count). The van der Waals surface area contributed by atoms with E-state index in [1.54, 1.807) is 18.2 Å². The molecule has 0 saturated carbocycles. The Balaban J connectivity index is 1.46. The van der Waals surface area contributed by atoms with Gasteiger partial charge in [-0.05, 0) is 43.2 Å². The molecule has 1 aliphatic rings. The Labute approximate surface area is 207 Å². The third-order valence-electron chi connectivity index (χ3n) is 5.19. The summed E-state index contributed by atoms with van der Waals surface area (Å²) in [6.07, 6.45) is 0.715.